The minimum absolute atomic E-state index is 0.0352. The minimum atomic E-state index is -3.98. The van der Waals surface area contributed by atoms with E-state index in [4.69, 9.17) is 5.73 Å². The lowest BCUT2D eigenvalue weighted by Gasteiger charge is -2.22. The number of nitrogens with two attached hydrogens (primary N) is 1. The number of aromatic hydroxyl groups is 1. The summed E-state index contributed by atoms with van der Waals surface area (Å²) in [5, 5.41) is 29.5. The van der Waals surface area contributed by atoms with E-state index < -0.39 is 33.7 Å². The number of phenols is 1. The molecule has 10 heteroatoms. The second-order valence-corrected chi connectivity index (χ2v) is 9.55. The van der Waals surface area contributed by atoms with Crippen LogP contribution in [-0.4, -0.2) is 53.7 Å². The van der Waals surface area contributed by atoms with Crippen molar-refractivity contribution in [2.45, 2.75) is 22.3 Å². The summed E-state index contributed by atoms with van der Waals surface area (Å²) in [5.41, 5.74) is 6.18. The van der Waals surface area contributed by atoms with Crippen LogP contribution >= 0.6 is 0 Å². The molecule has 178 valence electrons. The van der Waals surface area contributed by atoms with Crippen LogP contribution in [0.1, 0.15) is 27.6 Å². The summed E-state index contributed by atoms with van der Waals surface area (Å²) in [6.07, 6.45) is -1.84. The maximum Gasteiger partial charge on any atom is 0.407 e. The molecule has 5 N–H and O–H groups in total. The first-order chi connectivity index (χ1) is 16.1. The van der Waals surface area contributed by atoms with Crippen LogP contribution in [0.3, 0.4) is 0 Å². The summed E-state index contributed by atoms with van der Waals surface area (Å²) in [5.74, 6) is -1.37. The lowest BCUT2D eigenvalue weighted by Crippen LogP contribution is -2.35. The molecule has 0 bridgehead atoms. The first-order valence-electron chi connectivity index (χ1n) is 10.3. The molecule has 0 heterocycles. The fourth-order valence-electron chi connectivity index (χ4n) is 3.37. The molecule has 3 aromatic carbocycles. The average molecular weight is 485 g/mol. The monoisotopic (exact) mass is 484 g/mol. The van der Waals surface area contributed by atoms with Crippen LogP contribution < -0.4 is 5.73 Å². The van der Waals surface area contributed by atoms with Gasteiger partial charge in [-0.2, -0.15) is 0 Å². The molecule has 0 aromatic heterocycles. The van der Waals surface area contributed by atoms with Crippen molar-refractivity contribution < 1.29 is 33.3 Å². The zero-order valence-corrected chi connectivity index (χ0v) is 18.9. The highest BCUT2D eigenvalue weighted by molar-refractivity contribution is 7.91. The Morgan fingerprint density at radius 2 is 1.56 bits per heavy atom. The number of aliphatic hydroxyl groups excluding tert-OH is 1. The van der Waals surface area contributed by atoms with Crippen molar-refractivity contribution in [1.82, 2.24) is 4.90 Å². The number of hydrogen-bond donors (Lipinski definition) is 4. The van der Waals surface area contributed by atoms with Gasteiger partial charge in [0.05, 0.1) is 28.0 Å². The lowest BCUT2D eigenvalue weighted by atomic mass is 10.1. The van der Waals surface area contributed by atoms with Gasteiger partial charge in [-0.3, -0.25) is 4.79 Å². The number of primary amides is 1. The van der Waals surface area contributed by atoms with Gasteiger partial charge in [0.2, 0.25) is 9.84 Å². The van der Waals surface area contributed by atoms with Crippen LogP contribution in [0, 0.1) is 0 Å². The normalized spacial score (nSPS) is 12.1. The Balaban J connectivity index is 1.70. The molecule has 1 atom stereocenters. The predicted octanol–water partition coefficient (Wildman–Crippen LogP) is 2.58. The SMILES string of the molecule is NC(=O)c1cc(S(=O)(=O)c2ccc(CCN(C[C@H](O)c3ccccc3)C(=O)O)cc2)ccc1O. The number of rotatable bonds is 9. The molecule has 9 nitrogen and oxygen atoms in total. The van der Waals surface area contributed by atoms with E-state index in [9.17, 15) is 33.3 Å². The van der Waals surface area contributed by atoms with Crippen LogP contribution in [0.15, 0.2) is 82.6 Å². The molecule has 0 aliphatic heterocycles. The van der Waals surface area contributed by atoms with Crippen LogP contribution in [0.25, 0.3) is 0 Å². The van der Waals surface area contributed by atoms with Gasteiger partial charge in [-0.1, -0.05) is 42.5 Å². The van der Waals surface area contributed by atoms with Crippen molar-refractivity contribution in [1.29, 1.82) is 0 Å². The predicted molar refractivity (Wildman–Crippen MR) is 123 cm³/mol. The van der Waals surface area contributed by atoms with Crippen molar-refractivity contribution in [3.63, 3.8) is 0 Å². The smallest absolute Gasteiger partial charge is 0.407 e. The van der Waals surface area contributed by atoms with Crippen LogP contribution in [-0.2, 0) is 16.3 Å². The third kappa shape index (κ3) is 5.72. The molecule has 34 heavy (non-hydrogen) atoms. The van der Waals surface area contributed by atoms with Crippen molar-refractivity contribution in [3.8, 4) is 5.75 Å². The summed E-state index contributed by atoms with van der Waals surface area (Å²) in [7, 11) is -3.98. The standard InChI is InChI=1S/C24H24N2O7S/c25-23(29)20-14-19(10-11-21(20)27)34(32,33)18-8-6-16(7-9-18)12-13-26(24(30)31)15-22(28)17-4-2-1-3-5-17/h1-11,14,22,27-28H,12-13,15H2,(H2,25,29)(H,30,31)/t22-/m0/s1. The Bertz CT molecular complexity index is 1280. The van der Waals surface area contributed by atoms with Gasteiger partial charge in [0.25, 0.3) is 5.91 Å². The summed E-state index contributed by atoms with van der Waals surface area (Å²) < 4.78 is 25.8. The number of carboxylic acid groups (broad SMARTS) is 1. The molecule has 3 aromatic rings. The fraction of sp³-hybridized carbons (Fsp3) is 0.167. The molecule has 2 amide bonds. The Morgan fingerprint density at radius 1 is 0.941 bits per heavy atom. The number of hydrogen-bond acceptors (Lipinski definition) is 6. The number of amides is 2. The second kappa shape index (κ2) is 10.4. The Kier molecular flexibility index (Phi) is 7.54. The molecule has 0 spiro atoms. The first-order valence-corrected chi connectivity index (χ1v) is 11.8. The van der Waals surface area contributed by atoms with Crippen LogP contribution in [0.4, 0.5) is 4.79 Å². The van der Waals surface area contributed by atoms with E-state index in [1.165, 1.54) is 18.2 Å². The molecule has 0 saturated carbocycles. The highest BCUT2D eigenvalue weighted by atomic mass is 32.2. The summed E-state index contributed by atoms with van der Waals surface area (Å²) in [6.45, 7) is 0.000115. The number of benzene rings is 3. The largest absolute Gasteiger partial charge is 0.507 e. The molecule has 0 aliphatic rings. The number of nitrogens with zero attached hydrogens (tertiary/aromatic N) is 1. The quantitative estimate of drug-likeness (QED) is 0.363. The fourth-order valence-corrected chi connectivity index (χ4v) is 4.66. The maximum absolute atomic E-state index is 12.9. The maximum atomic E-state index is 12.9. The number of sulfone groups is 1. The third-order valence-corrected chi connectivity index (χ3v) is 7.06. The molecule has 0 aliphatic carbocycles. The second-order valence-electron chi connectivity index (χ2n) is 7.60. The van der Waals surface area contributed by atoms with Crippen molar-refractivity contribution >= 4 is 21.8 Å². The minimum Gasteiger partial charge on any atom is -0.507 e. The summed E-state index contributed by atoms with van der Waals surface area (Å²) >= 11 is 0. The Morgan fingerprint density at radius 3 is 2.15 bits per heavy atom. The van der Waals surface area contributed by atoms with E-state index >= 15 is 0 Å². The highest BCUT2D eigenvalue weighted by Gasteiger charge is 2.21. The molecule has 3 rings (SSSR count). The number of carbonyl (C=O) groups excluding carboxylic acids is 1. The molecular weight excluding hydrogens is 460 g/mol. The third-order valence-electron chi connectivity index (χ3n) is 5.30. The first kappa shape index (κ1) is 24.7. The van der Waals surface area contributed by atoms with Crippen molar-refractivity contribution in [2.75, 3.05) is 13.1 Å². The van der Waals surface area contributed by atoms with Gasteiger partial charge in [-0.25, -0.2) is 13.2 Å². The van der Waals surface area contributed by atoms with Crippen LogP contribution in [0.2, 0.25) is 0 Å². The highest BCUT2D eigenvalue weighted by Crippen LogP contribution is 2.26. The molecule has 0 fully saturated rings. The lowest BCUT2D eigenvalue weighted by molar-refractivity contribution is 0.0972. The van der Waals surface area contributed by atoms with E-state index in [1.54, 1.807) is 42.5 Å². The molecule has 0 unspecified atom stereocenters. The van der Waals surface area contributed by atoms with E-state index in [1.807, 2.05) is 0 Å². The van der Waals surface area contributed by atoms with E-state index in [0.29, 0.717) is 17.5 Å². The van der Waals surface area contributed by atoms with Crippen LogP contribution in [0.5, 0.6) is 5.75 Å². The van der Waals surface area contributed by atoms with Crippen molar-refractivity contribution in [2.24, 2.45) is 5.73 Å². The number of carbonyl (C=O) groups is 2. The van der Waals surface area contributed by atoms with Gasteiger partial charge >= 0.3 is 6.09 Å². The van der Waals surface area contributed by atoms with Gasteiger partial charge in [-0.05, 0) is 47.9 Å². The van der Waals surface area contributed by atoms with E-state index in [0.717, 1.165) is 17.0 Å². The van der Waals surface area contributed by atoms with Gasteiger partial charge < -0.3 is 26.0 Å². The van der Waals surface area contributed by atoms with Gasteiger partial charge in [-0.15, -0.1) is 0 Å². The summed E-state index contributed by atoms with van der Waals surface area (Å²) in [6, 6.07) is 17.9. The zero-order valence-electron chi connectivity index (χ0n) is 18.0. The van der Waals surface area contributed by atoms with E-state index in [-0.39, 0.29) is 28.4 Å². The zero-order chi connectivity index (χ0) is 24.9. The van der Waals surface area contributed by atoms with Crippen molar-refractivity contribution in [3.05, 3.63) is 89.5 Å². The summed E-state index contributed by atoms with van der Waals surface area (Å²) in [4.78, 5) is 23.9. The van der Waals surface area contributed by atoms with Gasteiger partial charge in [0.15, 0.2) is 0 Å². The molecule has 0 saturated heterocycles. The van der Waals surface area contributed by atoms with Gasteiger partial charge in [0, 0.05) is 6.54 Å². The van der Waals surface area contributed by atoms with E-state index in [2.05, 4.69) is 0 Å². The Hall–Kier alpha value is -3.89. The number of aliphatic hydroxyl groups is 1. The topological polar surface area (TPSA) is 158 Å². The molecule has 0 radical (unpaired) electrons. The molecular formula is C24H24N2O7S. The average Bonchev–Trinajstić information content (AvgIpc) is 2.82. The van der Waals surface area contributed by atoms with Gasteiger partial charge in [0.1, 0.15) is 5.75 Å². The Labute approximate surface area is 196 Å².